The lowest BCUT2D eigenvalue weighted by molar-refractivity contribution is -0.137. The van der Waals surface area contributed by atoms with Crippen LogP contribution in [0.2, 0.25) is 0 Å². The molecule has 1 aliphatic rings. The van der Waals surface area contributed by atoms with Crippen LogP contribution < -0.4 is 0 Å². The predicted molar refractivity (Wildman–Crippen MR) is 94.8 cm³/mol. The fourth-order valence-corrected chi connectivity index (χ4v) is 4.36. The third-order valence-electron chi connectivity index (χ3n) is 4.78. The molecule has 1 aromatic carbocycles. The molecule has 0 aliphatic heterocycles. The van der Waals surface area contributed by atoms with Gasteiger partial charge in [0, 0.05) is 17.3 Å². The Morgan fingerprint density at radius 3 is 2.62 bits per heavy atom. The number of nitrogens with zero attached hydrogens (tertiary/aromatic N) is 3. The summed E-state index contributed by atoms with van der Waals surface area (Å²) in [6.07, 6.45) is 3.51. The SMILES string of the molecule is FC(F)(F)c1cccc(-c2ncsc2-c2ncncc2C2CCCC2)c1. The van der Waals surface area contributed by atoms with E-state index in [4.69, 9.17) is 0 Å². The van der Waals surface area contributed by atoms with E-state index in [2.05, 4.69) is 15.0 Å². The second-order valence-electron chi connectivity index (χ2n) is 6.42. The zero-order valence-corrected chi connectivity index (χ0v) is 14.6. The maximum absolute atomic E-state index is 13.1. The monoisotopic (exact) mass is 375 g/mol. The lowest BCUT2D eigenvalue weighted by Gasteiger charge is -2.14. The van der Waals surface area contributed by atoms with Gasteiger partial charge in [0.15, 0.2) is 0 Å². The predicted octanol–water partition coefficient (Wildman–Crippen LogP) is 5.94. The molecule has 2 aromatic heterocycles. The van der Waals surface area contributed by atoms with Crippen molar-refractivity contribution in [2.24, 2.45) is 0 Å². The highest BCUT2D eigenvalue weighted by Gasteiger charge is 2.31. The van der Waals surface area contributed by atoms with Gasteiger partial charge >= 0.3 is 6.18 Å². The van der Waals surface area contributed by atoms with Gasteiger partial charge in [-0.05, 0) is 30.9 Å². The van der Waals surface area contributed by atoms with Crippen molar-refractivity contribution in [3.8, 4) is 21.8 Å². The molecule has 0 spiro atoms. The maximum Gasteiger partial charge on any atom is 0.416 e. The smallest absolute Gasteiger partial charge is 0.244 e. The molecule has 26 heavy (non-hydrogen) atoms. The number of thiazole rings is 1. The summed E-state index contributed by atoms with van der Waals surface area (Å²) in [5.41, 5.74) is 3.84. The summed E-state index contributed by atoms with van der Waals surface area (Å²) in [4.78, 5) is 13.8. The molecule has 0 unspecified atom stereocenters. The Kier molecular flexibility index (Phi) is 4.48. The molecule has 3 aromatic rings. The highest BCUT2D eigenvalue weighted by Crippen LogP contribution is 2.42. The Hall–Kier alpha value is -2.28. The summed E-state index contributed by atoms with van der Waals surface area (Å²) >= 11 is 1.40. The number of benzene rings is 1. The van der Waals surface area contributed by atoms with Gasteiger partial charge in [-0.1, -0.05) is 25.0 Å². The summed E-state index contributed by atoms with van der Waals surface area (Å²) < 4.78 is 39.2. The summed E-state index contributed by atoms with van der Waals surface area (Å²) in [6.45, 7) is 0. The van der Waals surface area contributed by atoms with Crippen LogP contribution in [-0.4, -0.2) is 15.0 Å². The highest BCUT2D eigenvalue weighted by atomic mass is 32.1. The first-order chi connectivity index (χ1) is 12.5. The van der Waals surface area contributed by atoms with E-state index in [-0.39, 0.29) is 0 Å². The highest BCUT2D eigenvalue weighted by molar-refractivity contribution is 7.13. The molecule has 134 valence electrons. The molecule has 3 nitrogen and oxygen atoms in total. The third-order valence-corrected chi connectivity index (χ3v) is 5.61. The minimum absolute atomic E-state index is 0.405. The van der Waals surface area contributed by atoms with Gasteiger partial charge in [-0.3, -0.25) is 0 Å². The lowest BCUT2D eigenvalue weighted by Crippen LogP contribution is -2.04. The van der Waals surface area contributed by atoms with Gasteiger partial charge < -0.3 is 0 Å². The van der Waals surface area contributed by atoms with E-state index in [0.717, 1.165) is 41.1 Å². The second-order valence-corrected chi connectivity index (χ2v) is 7.27. The molecule has 0 atom stereocenters. The summed E-state index contributed by atoms with van der Waals surface area (Å²) in [7, 11) is 0. The van der Waals surface area contributed by atoms with Crippen LogP contribution in [0.4, 0.5) is 13.2 Å². The van der Waals surface area contributed by atoms with Crippen molar-refractivity contribution in [3.05, 3.63) is 53.4 Å². The Bertz CT molecular complexity index is 914. The van der Waals surface area contributed by atoms with E-state index in [1.54, 1.807) is 11.6 Å². The average molecular weight is 375 g/mol. The number of halogens is 3. The van der Waals surface area contributed by atoms with Crippen LogP contribution >= 0.6 is 11.3 Å². The summed E-state index contributed by atoms with van der Waals surface area (Å²) in [5.74, 6) is 0.405. The standard InChI is InChI=1S/C19H16F3N3S/c20-19(21,22)14-7-3-6-13(8-14)16-18(26-11-25-16)17-15(9-23-10-24-17)12-4-1-2-5-12/h3,6-12H,1-2,4-5H2. The molecule has 0 bridgehead atoms. The Morgan fingerprint density at radius 2 is 1.85 bits per heavy atom. The normalized spacial score (nSPS) is 15.5. The first kappa shape index (κ1) is 17.1. The molecule has 0 radical (unpaired) electrons. The topological polar surface area (TPSA) is 38.7 Å². The van der Waals surface area contributed by atoms with Gasteiger partial charge in [-0.25, -0.2) is 15.0 Å². The van der Waals surface area contributed by atoms with Gasteiger partial charge in [-0.2, -0.15) is 13.2 Å². The summed E-state index contributed by atoms with van der Waals surface area (Å²) in [5, 5.41) is 0. The van der Waals surface area contributed by atoms with Gasteiger partial charge in [0.25, 0.3) is 0 Å². The van der Waals surface area contributed by atoms with Crippen LogP contribution in [0.1, 0.15) is 42.7 Å². The van der Waals surface area contributed by atoms with Crippen molar-refractivity contribution < 1.29 is 13.2 Å². The van der Waals surface area contributed by atoms with Crippen LogP contribution in [0, 0.1) is 0 Å². The van der Waals surface area contributed by atoms with Crippen LogP contribution in [0.3, 0.4) is 0 Å². The summed E-state index contributed by atoms with van der Waals surface area (Å²) in [6, 6.07) is 5.29. The quantitative estimate of drug-likeness (QED) is 0.568. The van der Waals surface area contributed by atoms with Crippen molar-refractivity contribution in [2.45, 2.75) is 37.8 Å². The second kappa shape index (κ2) is 6.79. The molecule has 0 saturated heterocycles. The Labute approximate surface area is 153 Å². The first-order valence-corrected chi connectivity index (χ1v) is 9.33. The number of hydrogen-bond donors (Lipinski definition) is 0. The Balaban J connectivity index is 1.80. The maximum atomic E-state index is 13.1. The van der Waals surface area contributed by atoms with E-state index in [9.17, 15) is 13.2 Å². The van der Waals surface area contributed by atoms with Crippen LogP contribution in [-0.2, 0) is 6.18 Å². The largest absolute Gasteiger partial charge is 0.416 e. The molecular weight excluding hydrogens is 359 g/mol. The molecule has 1 fully saturated rings. The fraction of sp³-hybridized carbons (Fsp3) is 0.316. The minimum atomic E-state index is -4.38. The molecule has 1 aliphatic carbocycles. The van der Waals surface area contributed by atoms with E-state index >= 15 is 0 Å². The first-order valence-electron chi connectivity index (χ1n) is 8.45. The van der Waals surface area contributed by atoms with E-state index < -0.39 is 11.7 Å². The zero-order valence-electron chi connectivity index (χ0n) is 13.8. The Morgan fingerprint density at radius 1 is 1.04 bits per heavy atom. The lowest BCUT2D eigenvalue weighted by atomic mass is 9.95. The average Bonchev–Trinajstić information content (AvgIpc) is 3.33. The van der Waals surface area contributed by atoms with Gasteiger partial charge in [0.1, 0.15) is 6.33 Å². The number of aromatic nitrogens is 3. The molecular formula is C19H16F3N3S. The van der Waals surface area contributed by atoms with Crippen molar-refractivity contribution >= 4 is 11.3 Å². The third kappa shape index (κ3) is 3.23. The van der Waals surface area contributed by atoms with Crippen molar-refractivity contribution in [3.63, 3.8) is 0 Å². The van der Waals surface area contributed by atoms with Crippen molar-refractivity contribution in [1.82, 2.24) is 15.0 Å². The molecule has 0 amide bonds. The van der Waals surface area contributed by atoms with Gasteiger partial charge in [0.2, 0.25) is 0 Å². The van der Waals surface area contributed by atoms with Crippen molar-refractivity contribution in [2.75, 3.05) is 0 Å². The number of rotatable bonds is 3. The van der Waals surface area contributed by atoms with Gasteiger partial charge in [0.05, 0.1) is 27.3 Å². The molecule has 1 saturated carbocycles. The minimum Gasteiger partial charge on any atom is -0.244 e. The number of hydrogen-bond acceptors (Lipinski definition) is 4. The van der Waals surface area contributed by atoms with Gasteiger partial charge in [-0.15, -0.1) is 11.3 Å². The molecule has 2 heterocycles. The van der Waals surface area contributed by atoms with Crippen molar-refractivity contribution in [1.29, 1.82) is 0 Å². The van der Waals surface area contributed by atoms with E-state index in [1.165, 1.54) is 36.6 Å². The zero-order chi connectivity index (χ0) is 18.1. The molecule has 7 heteroatoms. The molecule has 0 N–H and O–H groups in total. The number of alkyl halides is 3. The van der Waals surface area contributed by atoms with Crippen LogP contribution in [0.25, 0.3) is 21.8 Å². The fourth-order valence-electron chi connectivity index (χ4n) is 3.53. The molecule has 4 rings (SSSR count). The van der Waals surface area contributed by atoms with Crippen LogP contribution in [0.5, 0.6) is 0 Å². The van der Waals surface area contributed by atoms with E-state index in [1.807, 2.05) is 6.20 Å². The van der Waals surface area contributed by atoms with E-state index in [0.29, 0.717) is 17.2 Å². The van der Waals surface area contributed by atoms with Crippen LogP contribution in [0.15, 0.2) is 42.3 Å².